The van der Waals surface area contributed by atoms with Gasteiger partial charge in [-0.2, -0.15) is 0 Å². The van der Waals surface area contributed by atoms with Crippen LogP contribution in [0.3, 0.4) is 0 Å². The summed E-state index contributed by atoms with van der Waals surface area (Å²) in [6.07, 6.45) is 0. The average molecular weight is 191 g/mol. The van der Waals surface area contributed by atoms with Gasteiger partial charge >= 0.3 is 0 Å². The van der Waals surface area contributed by atoms with Gasteiger partial charge in [0.15, 0.2) is 5.78 Å². The molecule has 0 aromatic heterocycles. The molecule has 2 nitrogen and oxygen atoms in total. The minimum absolute atomic E-state index is 0.0867. The number of Topliss-reactive ketones (excluding diaryl/α,β-unsaturated/α-hetero) is 1. The Bertz CT molecular complexity index is 344. The lowest BCUT2D eigenvalue weighted by atomic mass is 9.95. The largest absolute Gasteiger partial charge is 0.330 e. The highest BCUT2D eigenvalue weighted by molar-refractivity contribution is 5.99. The Morgan fingerprint density at radius 3 is 2.57 bits per heavy atom. The summed E-state index contributed by atoms with van der Waals surface area (Å²) < 4.78 is 0. The quantitative estimate of drug-likeness (QED) is 0.743. The van der Waals surface area contributed by atoms with Gasteiger partial charge in [-0.3, -0.25) is 4.79 Å². The highest BCUT2D eigenvalue weighted by atomic mass is 16.1. The van der Waals surface area contributed by atoms with Crippen molar-refractivity contribution in [3.8, 4) is 0 Å². The fourth-order valence-electron chi connectivity index (χ4n) is 1.46. The van der Waals surface area contributed by atoms with E-state index in [9.17, 15) is 4.79 Å². The molecule has 0 saturated heterocycles. The Morgan fingerprint density at radius 2 is 2.07 bits per heavy atom. The maximum absolute atomic E-state index is 11.8. The molecule has 0 aliphatic heterocycles. The maximum atomic E-state index is 11.8. The minimum atomic E-state index is -0.0867. The molecule has 1 rings (SSSR count). The van der Waals surface area contributed by atoms with Crippen molar-refractivity contribution in [3.05, 3.63) is 34.9 Å². The van der Waals surface area contributed by atoms with Crippen LogP contribution in [0.25, 0.3) is 0 Å². The molecule has 0 heterocycles. The van der Waals surface area contributed by atoms with Crippen LogP contribution in [0.4, 0.5) is 0 Å². The molecule has 76 valence electrons. The van der Waals surface area contributed by atoms with Gasteiger partial charge in [-0.15, -0.1) is 0 Å². The van der Waals surface area contributed by atoms with Crippen molar-refractivity contribution in [1.82, 2.24) is 0 Å². The molecule has 2 heteroatoms. The number of nitrogens with two attached hydrogens (primary N) is 1. The van der Waals surface area contributed by atoms with Gasteiger partial charge in [0.05, 0.1) is 0 Å². The Balaban J connectivity index is 3.02. The van der Waals surface area contributed by atoms with E-state index in [1.54, 1.807) is 0 Å². The first kappa shape index (κ1) is 10.9. The third kappa shape index (κ3) is 2.20. The fourth-order valence-corrected chi connectivity index (χ4v) is 1.46. The van der Waals surface area contributed by atoms with Gasteiger partial charge in [0.2, 0.25) is 0 Å². The van der Waals surface area contributed by atoms with Crippen LogP contribution in [0, 0.1) is 19.8 Å². The summed E-state index contributed by atoms with van der Waals surface area (Å²) in [7, 11) is 0. The van der Waals surface area contributed by atoms with Crippen molar-refractivity contribution in [2.75, 3.05) is 6.54 Å². The summed E-state index contributed by atoms with van der Waals surface area (Å²) in [5.74, 6) is 0.0569. The van der Waals surface area contributed by atoms with Crippen LogP contribution in [0.5, 0.6) is 0 Å². The van der Waals surface area contributed by atoms with Crippen LogP contribution in [0.15, 0.2) is 18.2 Å². The summed E-state index contributed by atoms with van der Waals surface area (Å²) in [5, 5.41) is 0. The zero-order valence-electron chi connectivity index (χ0n) is 9.00. The lowest BCUT2D eigenvalue weighted by Crippen LogP contribution is -2.21. The minimum Gasteiger partial charge on any atom is -0.330 e. The van der Waals surface area contributed by atoms with Crippen LogP contribution in [-0.2, 0) is 0 Å². The number of carbonyl (C=O) groups is 1. The van der Waals surface area contributed by atoms with Crippen molar-refractivity contribution in [1.29, 1.82) is 0 Å². The molecule has 0 aliphatic carbocycles. The molecule has 14 heavy (non-hydrogen) atoms. The van der Waals surface area contributed by atoms with E-state index in [0.29, 0.717) is 6.54 Å². The summed E-state index contributed by atoms with van der Waals surface area (Å²) >= 11 is 0. The standard InChI is InChI=1S/C12H17NO/c1-8-4-5-11(9(2)6-8)12(14)10(3)7-13/h4-6,10H,7,13H2,1-3H3. The first-order chi connectivity index (χ1) is 6.56. The van der Waals surface area contributed by atoms with Crippen molar-refractivity contribution in [2.24, 2.45) is 11.7 Å². The normalized spacial score (nSPS) is 12.6. The first-order valence-corrected chi connectivity index (χ1v) is 4.87. The number of hydrogen-bond acceptors (Lipinski definition) is 2. The molecule has 0 aliphatic rings. The number of hydrogen-bond donors (Lipinski definition) is 1. The monoisotopic (exact) mass is 191 g/mol. The predicted molar refractivity (Wildman–Crippen MR) is 58.5 cm³/mol. The molecule has 1 unspecified atom stereocenters. The maximum Gasteiger partial charge on any atom is 0.167 e. The van der Waals surface area contributed by atoms with E-state index in [1.807, 2.05) is 39.0 Å². The first-order valence-electron chi connectivity index (χ1n) is 4.87. The van der Waals surface area contributed by atoms with E-state index in [1.165, 1.54) is 5.56 Å². The second kappa shape index (κ2) is 4.38. The van der Waals surface area contributed by atoms with Crippen molar-refractivity contribution in [3.63, 3.8) is 0 Å². The van der Waals surface area contributed by atoms with Crippen molar-refractivity contribution in [2.45, 2.75) is 20.8 Å². The molecule has 0 fully saturated rings. The van der Waals surface area contributed by atoms with Gasteiger partial charge in [-0.25, -0.2) is 0 Å². The van der Waals surface area contributed by atoms with E-state index in [2.05, 4.69) is 0 Å². The molecule has 0 bridgehead atoms. The van der Waals surface area contributed by atoms with E-state index in [4.69, 9.17) is 5.73 Å². The summed E-state index contributed by atoms with van der Waals surface area (Å²) in [6, 6.07) is 5.87. The van der Waals surface area contributed by atoms with Gasteiger partial charge in [-0.1, -0.05) is 30.7 Å². The highest BCUT2D eigenvalue weighted by Gasteiger charge is 2.15. The van der Waals surface area contributed by atoms with Gasteiger partial charge < -0.3 is 5.73 Å². The average Bonchev–Trinajstić information content (AvgIpc) is 2.15. The molecular weight excluding hydrogens is 174 g/mol. The number of carbonyl (C=O) groups excluding carboxylic acids is 1. The summed E-state index contributed by atoms with van der Waals surface area (Å²) in [6.45, 7) is 6.25. The molecule has 0 radical (unpaired) electrons. The number of benzene rings is 1. The van der Waals surface area contributed by atoms with E-state index in [0.717, 1.165) is 11.1 Å². The lowest BCUT2D eigenvalue weighted by Gasteiger charge is -2.10. The number of ketones is 1. The molecule has 1 aromatic carbocycles. The van der Waals surface area contributed by atoms with Gasteiger partial charge in [0.1, 0.15) is 0 Å². The van der Waals surface area contributed by atoms with Crippen LogP contribution < -0.4 is 5.73 Å². The zero-order chi connectivity index (χ0) is 10.7. The van der Waals surface area contributed by atoms with Gasteiger partial charge in [0, 0.05) is 18.0 Å². The van der Waals surface area contributed by atoms with E-state index in [-0.39, 0.29) is 11.7 Å². The number of aryl methyl sites for hydroxylation is 2. The van der Waals surface area contributed by atoms with E-state index < -0.39 is 0 Å². The van der Waals surface area contributed by atoms with Crippen LogP contribution in [0.2, 0.25) is 0 Å². The Hall–Kier alpha value is -1.15. The molecule has 2 N–H and O–H groups in total. The molecular formula is C12H17NO. The summed E-state index contributed by atoms with van der Waals surface area (Å²) in [4.78, 5) is 11.8. The van der Waals surface area contributed by atoms with Crippen molar-refractivity contribution < 1.29 is 4.79 Å². The molecule has 0 saturated carbocycles. The lowest BCUT2D eigenvalue weighted by molar-refractivity contribution is 0.0933. The fraction of sp³-hybridized carbons (Fsp3) is 0.417. The Kier molecular flexibility index (Phi) is 3.42. The highest BCUT2D eigenvalue weighted by Crippen LogP contribution is 2.14. The molecule has 1 atom stereocenters. The summed E-state index contributed by atoms with van der Waals surface area (Å²) in [5.41, 5.74) is 8.49. The smallest absolute Gasteiger partial charge is 0.167 e. The third-order valence-corrected chi connectivity index (χ3v) is 2.45. The Morgan fingerprint density at radius 1 is 1.43 bits per heavy atom. The van der Waals surface area contributed by atoms with E-state index >= 15 is 0 Å². The third-order valence-electron chi connectivity index (χ3n) is 2.45. The van der Waals surface area contributed by atoms with Crippen LogP contribution >= 0.6 is 0 Å². The molecule has 0 amide bonds. The SMILES string of the molecule is Cc1ccc(C(=O)C(C)CN)c(C)c1. The molecule has 0 spiro atoms. The van der Waals surface area contributed by atoms with Gasteiger partial charge in [0.25, 0.3) is 0 Å². The zero-order valence-corrected chi connectivity index (χ0v) is 9.00. The van der Waals surface area contributed by atoms with Crippen molar-refractivity contribution >= 4 is 5.78 Å². The van der Waals surface area contributed by atoms with Crippen LogP contribution in [-0.4, -0.2) is 12.3 Å². The predicted octanol–water partition coefficient (Wildman–Crippen LogP) is 2.08. The molecule has 1 aromatic rings. The van der Waals surface area contributed by atoms with Crippen LogP contribution in [0.1, 0.15) is 28.4 Å². The Labute approximate surface area is 85.1 Å². The second-order valence-corrected chi connectivity index (χ2v) is 3.82. The number of rotatable bonds is 3. The van der Waals surface area contributed by atoms with Gasteiger partial charge in [-0.05, 0) is 19.4 Å². The second-order valence-electron chi connectivity index (χ2n) is 3.82. The topological polar surface area (TPSA) is 43.1 Å².